The van der Waals surface area contributed by atoms with Crippen molar-refractivity contribution < 1.29 is 13.9 Å². The van der Waals surface area contributed by atoms with Crippen LogP contribution in [0, 0.1) is 12.7 Å². The lowest BCUT2D eigenvalue weighted by Crippen LogP contribution is -2.31. The zero-order chi connectivity index (χ0) is 25.2. The molecule has 1 atom stereocenters. The smallest absolute Gasteiger partial charge is 0.255 e. The Morgan fingerprint density at radius 3 is 2.67 bits per heavy atom. The lowest BCUT2D eigenvalue weighted by atomic mass is 9.95. The van der Waals surface area contributed by atoms with Crippen molar-refractivity contribution in [3.05, 3.63) is 106 Å². The zero-order valence-corrected chi connectivity index (χ0v) is 20.3. The molecule has 2 heterocycles. The Labute approximate surface area is 211 Å². The number of nitrogens with one attached hydrogen (secondary N) is 2. The molecule has 182 valence electrons. The lowest BCUT2D eigenvalue weighted by molar-refractivity contribution is -0.113. The summed E-state index contributed by atoms with van der Waals surface area (Å²) in [5.74, 6) is 0.255. The van der Waals surface area contributed by atoms with Gasteiger partial charge in [-0.1, -0.05) is 47.0 Å². The minimum atomic E-state index is -0.573. The number of hydrogen-bond donors (Lipinski definition) is 2. The van der Waals surface area contributed by atoms with Gasteiger partial charge in [0.25, 0.3) is 5.91 Å². The minimum Gasteiger partial charge on any atom is -0.489 e. The van der Waals surface area contributed by atoms with Crippen molar-refractivity contribution in [3.63, 3.8) is 0 Å². The van der Waals surface area contributed by atoms with E-state index in [2.05, 4.69) is 26.2 Å². The van der Waals surface area contributed by atoms with Crippen LogP contribution >= 0.6 is 11.6 Å². The average Bonchev–Trinajstić information content (AvgIpc) is 3.31. The molecule has 0 fully saturated rings. The number of aryl methyl sites for hydroxylation is 1. The molecule has 2 N–H and O–H groups in total. The minimum absolute atomic E-state index is 0.0154. The van der Waals surface area contributed by atoms with Crippen molar-refractivity contribution >= 4 is 29.1 Å². The second-order valence-corrected chi connectivity index (χ2v) is 8.80. The number of rotatable bonds is 6. The standard InChI is InChI=1S/C26H22ClFN6O2/c1-15-5-3-6-18(13-15)30-25(35)23-16(2)29-26-31-32-33-34(26)24(23)17-9-11-19(12-10-17)36-14-20-21(27)7-4-8-22(20)28/h3-13,24H,14H2,1-2H3,(H,30,35)(H,29,31,33). The van der Waals surface area contributed by atoms with Crippen LogP contribution < -0.4 is 15.4 Å². The van der Waals surface area contributed by atoms with Crippen molar-refractivity contribution in [1.29, 1.82) is 0 Å². The molecule has 0 bridgehead atoms. The van der Waals surface area contributed by atoms with Gasteiger partial charge in [0.15, 0.2) is 0 Å². The number of carbonyl (C=O) groups excluding carboxylic acids is 1. The monoisotopic (exact) mass is 504 g/mol. The second kappa shape index (κ2) is 9.79. The molecule has 4 aromatic rings. The van der Waals surface area contributed by atoms with Gasteiger partial charge in [0.1, 0.15) is 24.2 Å². The Balaban J connectivity index is 1.42. The van der Waals surface area contributed by atoms with E-state index in [0.29, 0.717) is 33.7 Å². The summed E-state index contributed by atoms with van der Waals surface area (Å²) in [6.07, 6.45) is 0. The van der Waals surface area contributed by atoms with E-state index in [9.17, 15) is 9.18 Å². The van der Waals surface area contributed by atoms with Crippen LogP contribution in [0.15, 0.2) is 78.0 Å². The Morgan fingerprint density at radius 1 is 1.14 bits per heavy atom. The van der Waals surface area contributed by atoms with Crippen LogP contribution in [-0.4, -0.2) is 26.1 Å². The van der Waals surface area contributed by atoms with Gasteiger partial charge in [-0.15, -0.1) is 0 Å². The molecular weight excluding hydrogens is 483 g/mol. The third-order valence-corrected chi connectivity index (χ3v) is 6.23. The quantitative estimate of drug-likeness (QED) is 0.371. The van der Waals surface area contributed by atoms with Crippen molar-refractivity contribution in [2.24, 2.45) is 0 Å². The number of fused-ring (bicyclic) bond motifs is 1. The number of aromatic nitrogens is 4. The fourth-order valence-electron chi connectivity index (χ4n) is 4.11. The molecule has 0 spiro atoms. The fourth-order valence-corrected chi connectivity index (χ4v) is 4.33. The topological polar surface area (TPSA) is 94.0 Å². The van der Waals surface area contributed by atoms with E-state index in [0.717, 1.165) is 11.1 Å². The molecule has 1 unspecified atom stereocenters. The second-order valence-electron chi connectivity index (χ2n) is 8.39. The average molecular weight is 505 g/mol. The van der Waals surface area contributed by atoms with E-state index in [4.69, 9.17) is 16.3 Å². The lowest BCUT2D eigenvalue weighted by Gasteiger charge is -2.28. The Hall–Kier alpha value is -4.24. The van der Waals surface area contributed by atoms with E-state index in [1.54, 1.807) is 28.9 Å². The van der Waals surface area contributed by atoms with Crippen LogP contribution in [-0.2, 0) is 11.4 Å². The Kier molecular flexibility index (Phi) is 6.39. The van der Waals surface area contributed by atoms with Crippen LogP contribution in [0.5, 0.6) is 5.75 Å². The van der Waals surface area contributed by atoms with Crippen molar-refractivity contribution in [3.8, 4) is 5.75 Å². The fraction of sp³-hybridized carbons (Fsp3) is 0.154. The summed E-state index contributed by atoms with van der Waals surface area (Å²) in [5, 5.41) is 18.3. The highest BCUT2D eigenvalue weighted by molar-refractivity contribution is 6.31. The zero-order valence-electron chi connectivity index (χ0n) is 19.5. The molecule has 0 saturated heterocycles. The summed E-state index contributed by atoms with van der Waals surface area (Å²) in [4.78, 5) is 13.4. The molecule has 0 radical (unpaired) electrons. The molecule has 10 heteroatoms. The molecule has 8 nitrogen and oxygen atoms in total. The maximum absolute atomic E-state index is 14.1. The van der Waals surface area contributed by atoms with Gasteiger partial charge in [-0.2, -0.15) is 4.68 Å². The Morgan fingerprint density at radius 2 is 1.92 bits per heavy atom. The van der Waals surface area contributed by atoms with Crippen LogP contribution in [0.3, 0.4) is 0 Å². The first-order valence-corrected chi connectivity index (χ1v) is 11.6. The van der Waals surface area contributed by atoms with Crippen molar-refractivity contribution in [2.75, 3.05) is 10.6 Å². The van der Waals surface area contributed by atoms with Crippen molar-refractivity contribution in [2.45, 2.75) is 26.5 Å². The number of hydrogen-bond acceptors (Lipinski definition) is 6. The molecule has 1 aliphatic rings. The van der Waals surface area contributed by atoms with E-state index in [1.807, 2.05) is 50.2 Å². The highest BCUT2D eigenvalue weighted by atomic mass is 35.5. The van der Waals surface area contributed by atoms with Crippen LogP contribution in [0.1, 0.15) is 29.7 Å². The SMILES string of the molecule is CC1=C(C(=O)Nc2cccc(C)c2)C(c2ccc(OCc3c(F)cccc3Cl)cc2)n2nnnc2N1. The molecule has 1 aromatic heterocycles. The van der Waals surface area contributed by atoms with Gasteiger partial charge in [-0.25, -0.2) is 4.39 Å². The number of tetrazole rings is 1. The van der Waals surface area contributed by atoms with Gasteiger partial charge >= 0.3 is 0 Å². The summed E-state index contributed by atoms with van der Waals surface area (Å²) in [5.41, 5.74) is 3.90. The number of ether oxygens (including phenoxy) is 1. The normalized spacial score (nSPS) is 14.7. The molecule has 1 aliphatic heterocycles. The summed E-state index contributed by atoms with van der Waals surface area (Å²) in [7, 11) is 0. The molecule has 5 rings (SSSR count). The first-order chi connectivity index (χ1) is 17.4. The van der Waals surface area contributed by atoms with Gasteiger partial charge in [-0.3, -0.25) is 4.79 Å². The number of carbonyl (C=O) groups is 1. The van der Waals surface area contributed by atoms with Crippen LogP contribution in [0.2, 0.25) is 5.02 Å². The highest BCUT2D eigenvalue weighted by Crippen LogP contribution is 2.35. The molecule has 0 aliphatic carbocycles. The summed E-state index contributed by atoms with van der Waals surface area (Å²) in [6, 6.07) is 18.7. The van der Waals surface area contributed by atoms with E-state index < -0.39 is 11.9 Å². The number of benzene rings is 3. The summed E-state index contributed by atoms with van der Waals surface area (Å²) in [6.45, 7) is 3.76. The van der Waals surface area contributed by atoms with Gasteiger partial charge in [0.05, 0.1) is 10.6 Å². The highest BCUT2D eigenvalue weighted by Gasteiger charge is 2.34. The maximum Gasteiger partial charge on any atom is 0.255 e. The maximum atomic E-state index is 14.1. The first kappa shape index (κ1) is 23.5. The van der Waals surface area contributed by atoms with E-state index >= 15 is 0 Å². The summed E-state index contributed by atoms with van der Waals surface area (Å²) < 4.78 is 21.4. The molecule has 3 aromatic carbocycles. The number of allylic oxidation sites excluding steroid dienone is 1. The van der Waals surface area contributed by atoms with Gasteiger partial charge in [0.2, 0.25) is 5.95 Å². The van der Waals surface area contributed by atoms with Gasteiger partial charge in [-0.05, 0) is 71.8 Å². The number of amides is 1. The van der Waals surface area contributed by atoms with Crippen LogP contribution in [0.25, 0.3) is 0 Å². The molecule has 0 saturated carbocycles. The van der Waals surface area contributed by atoms with Gasteiger partial charge in [0, 0.05) is 16.9 Å². The predicted molar refractivity (Wildman–Crippen MR) is 134 cm³/mol. The summed E-state index contributed by atoms with van der Waals surface area (Å²) >= 11 is 6.10. The number of nitrogens with zero attached hydrogens (tertiary/aromatic N) is 4. The largest absolute Gasteiger partial charge is 0.489 e. The third-order valence-electron chi connectivity index (χ3n) is 5.88. The van der Waals surface area contributed by atoms with E-state index in [-0.39, 0.29) is 18.1 Å². The molecule has 1 amide bonds. The molecular formula is C26H22ClFN6O2. The third kappa shape index (κ3) is 4.65. The predicted octanol–water partition coefficient (Wildman–Crippen LogP) is 5.28. The molecule has 36 heavy (non-hydrogen) atoms. The first-order valence-electron chi connectivity index (χ1n) is 11.2. The Bertz CT molecular complexity index is 1450. The van der Waals surface area contributed by atoms with Crippen molar-refractivity contribution in [1.82, 2.24) is 20.2 Å². The number of halogens is 2. The van der Waals surface area contributed by atoms with Crippen LogP contribution in [0.4, 0.5) is 16.0 Å². The van der Waals surface area contributed by atoms with E-state index in [1.165, 1.54) is 6.07 Å². The number of anilines is 2. The van der Waals surface area contributed by atoms with Gasteiger partial charge < -0.3 is 15.4 Å².